The maximum absolute atomic E-state index is 12.5. The van der Waals surface area contributed by atoms with Crippen molar-refractivity contribution in [3.63, 3.8) is 0 Å². The molecule has 1 aliphatic heterocycles. The summed E-state index contributed by atoms with van der Waals surface area (Å²) in [7, 11) is 1.52. The second-order valence-electron chi connectivity index (χ2n) is 6.47. The van der Waals surface area contributed by atoms with Gasteiger partial charge in [-0.25, -0.2) is 4.79 Å². The number of carbonyl (C=O) groups excluding carboxylic acids is 3. The van der Waals surface area contributed by atoms with E-state index in [9.17, 15) is 14.4 Å². The van der Waals surface area contributed by atoms with Gasteiger partial charge in [0.1, 0.15) is 25.2 Å². The predicted molar refractivity (Wildman–Crippen MR) is 112 cm³/mol. The largest absolute Gasteiger partial charge is 0.495 e. The van der Waals surface area contributed by atoms with Crippen molar-refractivity contribution >= 4 is 29.2 Å². The molecule has 31 heavy (non-hydrogen) atoms. The monoisotopic (exact) mass is 426 g/mol. The van der Waals surface area contributed by atoms with E-state index in [1.165, 1.54) is 14.0 Å². The maximum atomic E-state index is 12.5. The fourth-order valence-electron chi connectivity index (χ4n) is 2.64. The summed E-state index contributed by atoms with van der Waals surface area (Å²) in [5, 5.41) is 5.40. The third-order valence-corrected chi connectivity index (χ3v) is 4.27. The molecule has 9 nitrogen and oxygen atoms in total. The Morgan fingerprint density at radius 2 is 1.74 bits per heavy atom. The Hall–Kier alpha value is -4.01. The standard InChI is InChI=1S/C22H22N2O7/c1-14(31-22(27)19-13-29-11-12-30-19)20(25)23-16-9-7-15(8-10-16)21(26)24-17-5-3-4-6-18(17)28-2/h3-10,13-14H,11-12H2,1-2H3,(H,23,25)(H,24,26). The first-order valence-corrected chi connectivity index (χ1v) is 9.49. The van der Waals surface area contributed by atoms with Crippen molar-refractivity contribution in [3.05, 3.63) is 66.1 Å². The summed E-state index contributed by atoms with van der Waals surface area (Å²) in [4.78, 5) is 36.7. The lowest BCUT2D eigenvalue weighted by molar-refractivity contribution is -0.153. The molecule has 1 unspecified atom stereocenters. The quantitative estimate of drug-likeness (QED) is 0.655. The molecule has 0 spiro atoms. The van der Waals surface area contributed by atoms with Gasteiger partial charge in [0, 0.05) is 11.3 Å². The SMILES string of the molecule is COc1ccccc1NC(=O)c1ccc(NC(=O)C(C)OC(=O)C2=COCCO2)cc1. The van der Waals surface area contributed by atoms with E-state index >= 15 is 0 Å². The smallest absolute Gasteiger partial charge is 0.377 e. The summed E-state index contributed by atoms with van der Waals surface area (Å²) < 4.78 is 20.4. The Morgan fingerprint density at radius 3 is 2.42 bits per heavy atom. The van der Waals surface area contributed by atoms with Crippen molar-refractivity contribution in [1.29, 1.82) is 0 Å². The molecular weight excluding hydrogens is 404 g/mol. The Balaban J connectivity index is 1.55. The fourth-order valence-corrected chi connectivity index (χ4v) is 2.64. The number of nitrogens with one attached hydrogen (secondary N) is 2. The van der Waals surface area contributed by atoms with Gasteiger partial charge in [-0.1, -0.05) is 12.1 Å². The van der Waals surface area contributed by atoms with Crippen LogP contribution in [0.1, 0.15) is 17.3 Å². The van der Waals surface area contributed by atoms with E-state index in [1.54, 1.807) is 48.5 Å². The highest BCUT2D eigenvalue weighted by atomic mass is 16.6. The molecule has 9 heteroatoms. The van der Waals surface area contributed by atoms with Crippen LogP contribution in [0.2, 0.25) is 0 Å². The summed E-state index contributed by atoms with van der Waals surface area (Å²) in [5.41, 5.74) is 1.38. The summed E-state index contributed by atoms with van der Waals surface area (Å²) in [6.07, 6.45) is 0.0954. The van der Waals surface area contributed by atoms with Crippen LogP contribution in [0.25, 0.3) is 0 Å². The van der Waals surface area contributed by atoms with Crippen LogP contribution in [0, 0.1) is 0 Å². The van der Waals surface area contributed by atoms with Crippen molar-refractivity contribution < 1.29 is 33.3 Å². The van der Waals surface area contributed by atoms with Crippen LogP contribution >= 0.6 is 0 Å². The Morgan fingerprint density at radius 1 is 1.00 bits per heavy atom. The number of rotatable bonds is 7. The second-order valence-corrected chi connectivity index (χ2v) is 6.47. The van der Waals surface area contributed by atoms with Gasteiger partial charge in [0.25, 0.3) is 11.8 Å². The van der Waals surface area contributed by atoms with Gasteiger partial charge in [-0.2, -0.15) is 0 Å². The molecule has 0 aromatic heterocycles. The van der Waals surface area contributed by atoms with Crippen molar-refractivity contribution in [2.75, 3.05) is 31.0 Å². The normalized spacial score (nSPS) is 13.5. The van der Waals surface area contributed by atoms with Crippen molar-refractivity contribution in [3.8, 4) is 5.75 Å². The molecule has 0 bridgehead atoms. The Labute approximate surface area is 178 Å². The molecule has 0 fully saturated rings. The number of anilines is 2. The zero-order valence-electron chi connectivity index (χ0n) is 17.0. The van der Waals surface area contributed by atoms with Crippen LogP contribution in [0.15, 0.2) is 60.6 Å². The highest BCUT2D eigenvalue weighted by Gasteiger charge is 2.23. The third-order valence-electron chi connectivity index (χ3n) is 4.27. The van der Waals surface area contributed by atoms with Crippen molar-refractivity contribution in [1.82, 2.24) is 0 Å². The topological polar surface area (TPSA) is 112 Å². The van der Waals surface area contributed by atoms with E-state index in [-0.39, 0.29) is 18.3 Å². The minimum atomic E-state index is -1.06. The van der Waals surface area contributed by atoms with Gasteiger partial charge in [-0.3, -0.25) is 9.59 Å². The molecule has 1 aliphatic rings. The van der Waals surface area contributed by atoms with Crippen LogP contribution in [0.4, 0.5) is 11.4 Å². The van der Waals surface area contributed by atoms with E-state index in [2.05, 4.69) is 10.6 Å². The number of carbonyl (C=O) groups is 3. The molecule has 2 aromatic rings. The maximum Gasteiger partial charge on any atom is 0.377 e. The van der Waals surface area contributed by atoms with Crippen LogP contribution in [0.3, 0.4) is 0 Å². The van der Waals surface area contributed by atoms with E-state index in [4.69, 9.17) is 18.9 Å². The number of amides is 2. The summed E-state index contributed by atoms with van der Waals surface area (Å²) in [6.45, 7) is 2.02. The number of benzene rings is 2. The molecule has 1 atom stereocenters. The zero-order valence-corrected chi connectivity index (χ0v) is 17.0. The lowest BCUT2D eigenvalue weighted by Crippen LogP contribution is -2.31. The van der Waals surface area contributed by atoms with Crippen LogP contribution in [-0.4, -0.2) is 44.2 Å². The van der Waals surface area contributed by atoms with Gasteiger partial charge in [0.05, 0.1) is 12.8 Å². The van der Waals surface area contributed by atoms with E-state index in [1.807, 2.05) is 0 Å². The lowest BCUT2D eigenvalue weighted by Gasteiger charge is -2.17. The van der Waals surface area contributed by atoms with Gasteiger partial charge < -0.3 is 29.6 Å². The van der Waals surface area contributed by atoms with Gasteiger partial charge >= 0.3 is 5.97 Å². The van der Waals surface area contributed by atoms with Crippen molar-refractivity contribution in [2.24, 2.45) is 0 Å². The molecule has 162 valence electrons. The Bertz CT molecular complexity index is 986. The van der Waals surface area contributed by atoms with Gasteiger partial charge in [-0.05, 0) is 43.3 Å². The molecule has 2 aromatic carbocycles. The minimum Gasteiger partial charge on any atom is -0.495 e. The first-order valence-electron chi connectivity index (χ1n) is 9.49. The molecule has 0 aliphatic carbocycles. The first kappa shape index (κ1) is 21.7. The van der Waals surface area contributed by atoms with E-state index < -0.39 is 18.0 Å². The first-order chi connectivity index (χ1) is 15.0. The molecule has 0 radical (unpaired) electrons. The molecule has 1 heterocycles. The van der Waals surface area contributed by atoms with Crippen LogP contribution in [0.5, 0.6) is 5.75 Å². The van der Waals surface area contributed by atoms with E-state index in [0.717, 1.165) is 6.26 Å². The molecule has 2 amide bonds. The van der Waals surface area contributed by atoms with Crippen molar-refractivity contribution in [2.45, 2.75) is 13.0 Å². The predicted octanol–water partition coefficient (Wildman–Crippen LogP) is 2.71. The van der Waals surface area contributed by atoms with E-state index in [0.29, 0.717) is 29.3 Å². The summed E-state index contributed by atoms with van der Waals surface area (Å²) in [6, 6.07) is 13.3. The second kappa shape index (κ2) is 10.1. The highest BCUT2D eigenvalue weighted by Crippen LogP contribution is 2.24. The molecule has 2 N–H and O–H groups in total. The van der Waals surface area contributed by atoms with Crippen LogP contribution in [-0.2, 0) is 23.8 Å². The number of para-hydroxylation sites is 2. The third kappa shape index (κ3) is 5.75. The number of esters is 1. The van der Waals surface area contributed by atoms with Gasteiger partial charge in [0.15, 0.2) is 6.10 Å². The number of hydrogen-bond acceptors (Lipinski definition) is 7. The molecule has 0 saturated carbocycles. The number of ether oxygens (including phenoxy) is 4. The zero-order chi connectivity index (χ0) is 22.2. The van der Waals surface area contributed by atoms with Gasteiger partial charge in [-0.15, -0.1) is 0 Å². The summed E-state index contributed by atoms with van der Waals surface area (Å²) >= 11 is 0. The molecule has 0 saturated heterocycles. The minimum absolute atomic E-state index is 0.0867. The average Bonchev–Trinajstić information content (AvgIpc) is 2.80. The molecule has 3 rings (SSSR count). The fraction of sp³-hybridized carbons (Fsp3) is 0.227. The lowest BCUT2D eigenvalue weighted by atomic mass is 10.2. The number of methoxy groups -OCH3 is 1. The average molecular weight is 426 g/mol. The molecular formula is C22H22N2O7. The summed E-state index contributed by atoms with van der Waals surface area (Å²) in [5.74, 6) is -1.18. The number of hydrogen-bond donors (Lipinski definition) is 2. The van der Waals surface area contributed by atoms with Crippen LogP contribution < -0.4 is 15.4 Å². The Kier molecular flexibility index (Phi) is 7.10. The highest BCUT2D eigenvalue weighted by molar-refractivity contribution is 6.05. The van der Waals surface area contributed by atoms with Gasteiger partial charge in [0.2, 0.25) is 5.76 Å².